The van der Waals surface area contributed by atoms with Crippen LogP contribution in [0.4, 0.5) is 0 Å². The summed E-state index contributed by atoms with van der Waals surface area (Å²) in [5.41, 5.74) is 0. The number of aliphatic hydroxyl groups is 1. The van der Waals surface area contributed by atoms with E-state index in [1.807, 2.05) is 6.92 Å². The number of aliphatic hydroxyl groups excluding tert-OH is 1. The molecule has 0 radical (unpaired) electrons. The van der Waals surface area contributed by atoms with Crippen molar-refractivity contribution in [2.24, 2.45) is 5.92 Å². The maximum atomic E-state index is 9.19. The molecule has 1 unspecified atom stereocenters. The van der Waals surface area contributed by atoms with Gasteiger partial charge >= 0.3 is 0 Å². The Morgan fingerprint density at radius 1 is 1.00 bits per heavy atom. The Morgan fingerprint density at radius 3 is 2.00 bits per heavy atom. The van der Waals surface area contributed by atoms with E-state index in [0.717, 1.165) is 13.0 Å². The fraction of sp³-hybridized carbons (Fsp3) is 1.00. The van der Waals surface area contributed by atoms with Gasteiger partial charge in [-0.2, -0.15) is 0 Å². The summed E-state index contributed by atoms with van der Waals surface area (Å²) in [4.78, 5) is 0. The van der Waals surface area contributed by atoms with Gasteiger partial charge in [0.2, 0.25) is 0 Å². The lowest BCUT2D eigenvalue weighted by Gasteiger charge is -2.14. The molecule has 0 aromatic carbocycles. The molecule has 0 saturated carbocycles. The van der Waals surface area contributed by atoms with Gasteiger partial charge in [-0.1, -0.05) is 33.6 Å². The Hall–Kier alpha value is -0.0800. The lowest BCUT2D eigenvalue weighted by atomic mass is 10.1. The minimum atomic E-state index is -0.278. The van der Waals surface area contributed by atoms with Gasteiger partial charge < -0.3 is 9.84 Å². The zero-order valence-corrected chi connectivity index (χ0v) is 8.55. The highest BCUT2D eigenvalue weighted by Gasteiger charge is 2.05. The molecule has 0 saturated heterocycles. The first-order valence-corrected chi connectivity index (χ1v) is 5.00. The second-order valence-corrected chi connectivity index (χ2v) is 3.28. The Morgan fingerprint density at radius 2 is 1.58 bits per heavy atom. The van der Waals surface area contributed by atoms with E-state index in [0.29, 0.717) is 12.5 Å². The maximum Gasteiger partial charge on any atom is 0.0771 e. The molecule has 0 aromatic rings. The van der Waals surface area contributed by atoms with Crippen molar-refractivity contribution in [2.45, 2.75) is 46.1 Å². The predicted molar refractivity (Wildman–Crippen MR) is 51.2 cm³/mol. The van der Waals surface area contributed by atoms with E-state index in [-0.39, 0.29) is 6.10 Å². The summed E-state index contributed by atoms with van der Waals surface area (Å²) in [6.07, 6.45) is 2.83. The van der Waals surface area contributed by atoms with Crippen LogP contribution in [0.25, 0.3) is 0 Å². The van der Waals surface area contributed by atoms with Crippen LogP contribution in [0.1, 0.15) is 40.0 Å². The van der Waals surface area contributed by atoms with Gasteiger partial charge in [-0.05, 0) is 12.3 Å². The normalized spacial score (nSPS) is 13.8. The first-order valence-electron chi connectivity index (χ1n) is 5.00. The van der Waals surface area contributed by atoms with Gasteiger partial charge in [0.15, 0.2) is 0 Å². The highest BCUT2D eigenvalue weighted by atomic mass is 16.5. The number of hydrogen-bond acceptors (Lipinski definition) is 2. The summed E-state index contributed by atoms with van der Waals surface area (Å²) < 4.78 is 5.38. The molecule has 0 rings (SSSR count). The quantitative estimate of drug-likeness (QED) is 0.641. The van der Waals surface area contributed by atoms with Gasteiger partial charge in [-0.25, -0.2) is 0 Å². The number of rotatable bonds is 7. The average Bonchev–Trinajstić information content (AvgIpc) is 2.12. The summed E-state index contributed by atoms with van der Waals surface area (Å²) in [6, 6.07) is 0. The van der Waals surface area contributed by atoms with Gasteiger partial charge in [-0.3, -0.25) is 0 Å². The molecule has 0 aliphatic heterocycles. The van der Waals surface area contributed by atoms with E-state index in [1.54, 1.807) is 0 Å². The fourth-order valence-corrected chi connectivity index (χ4v) is 1.01. The van der Waals surface area contributed by atoms with Crippen LogP contribution >= 0.6 is 0 Å². The molecule has 0 bridgehead atoms. The van der Waals surface area contributed by atoms with Gasteiger partial charge in [0, 0.05) is 6.61 Å². The molecule has 0 heterocycles. The summed E-state index contributed by atoms with van der Waals surface area (Å²) in [7, 11) is 0. The van der Waals surface area contributed by atoms with Crippen LogP contribution in [0.2, 0.25) is 0 Å². The molecule has 0 fully saturated rings. The van der Waals surface area contributed by atoms with E-state index in [2.05, 4.69) is 13.8 Å². The third kappa shape index (κ3) is 5.56. The highest BCUT2D eigenvalue weighted by Crippen LogP contribution is 2.07. The van der Waals surface area contributed by atoms with Crippen LogP contribution in [0.15, 0.2) is 0 Å². The molecule has 2 nitrogen and oxygen atoms in total. The molecule has 1 N–H and O–H groups in total. The molecule has 12 heavy (non-hydrogen) atoms. The minimum absolute atomic E-state index is 0.278. The van der Waals surface area contributed by atoms with Crippen molar-refractivity contribution in [2.75, 3.05) is 13.2 Å². The SMILES string of the molecule is CCC(O)COCC(CC)CC. The van der Waals surface area contributed by atoms with Crippen molar-refractivity contribution >= 4 is 0 Å². The van der Waals surface area contributed by atoms with Crippen LogP contribution in [-0.2, 0) is 4.74 Å². The van der Waals surface area contributed by atoms with E-state index < -0.39 is 0 Å². The van der Waals surface area contributed by atoms with E-state index in [4.69, 9.17) is 4.74 Å². The number of ether oxygens (including phenoxy) is 1. The third-order valence-corrected chi connectivity index (χ3v) is 2.29. The summed E-state index contributed by atoms with van der Waals surface area (Å²) in [5, 5.41) is 9.19. The molecule has 2 heteroatoms. The molecular weight excluding hydrogens is 152 g/mol. The van der Waals surface area contributed by atoms with Crippen molar-refractivity contribution in [3.8, 4) is 0 Å². The Kier molecular flexibility index (Phi) is 7.51. The Labute approximate surface area is 75.9 Å². The second kappa shape index (κ2) is 7.56. The second-order valence-electron chi connectivity index (χ2n) is 3.28. The third-order valence-electron chi connectivity index (χ3n) is 2.29. The monoisotopic (exact) mass is 174 g/mol. The zero-order chi connectivity index (χ0) is 9.40. The van der Waals surface area contributed by atoms with Crippen molar-refractivity contribution in [1.29, 1.82) is 0 Å². The topological polar surface area (TPSA) is 29.5 Å². The van der Waals surface area contributed by atoms with Crippen LogP contribution < -0.4 is 0 Å². The molecule has 0 amide bonds. The zero-order valence-electron chi connectivity index (χ0n) is 8.55. The molecule has 0 aliphatic rings. The molecule has 1 atom stereocenters. The van der Waals surface area contributed by atoms with Crippen LogP contribution in [0, 0.1) is 5.92 Å². The van der Waals surface area contributed by atoms with Crippen LogP contribution in [0.3, 0.4) is 0 Å². The molecule has 74 valence electrons. The first kappa shape index (κ1) is 11.9. The van der Waals surface area contributed by atoms with Crippen molar-refractivity contribution in [3.63, 3.8) is 0 Å². The summed E-state index contributed by atoms with van der Waals surface area (Å²) >= 11 is 0. The van der Waals surface area contributed by atoms with Crippen molar-refractivity contribution < 1.29 is 9.84 Å². The number of hydrogen-bond donors (Lipinski definition) is 1. The van der Waals surface area contributed by atoms with Crippen LogP contribution in [-0.4, -0.2) is 24.4 Å². The lowest BCUT2D eigenvalue weighted by molar-refractivity contribution is 0.0185. The van der Waals surface area contributed by atoms with Gasteiger partial charge in [-0.15, -0.1) is 0 Å². The fourth-order valence-electron chi connectivity index (χ4n) is 1.01. The molecule has 0 spiro atoms. The van der Waals surface area contributed by atoms with Crippen molar-refractivity contribution in [3.05, 3.63) is 0 Å². The average molecular weight is 174 g/mol. The largest absolute Gasteiger partial charge is 0.391 e. The summed E-state index contributed by atoms with van der Waals surface area (Å²) in [5.74, 6) is 0.661. The van der Waals surface area contributed by atoms with E-state index in [9.17, 15) is 5.11 Å². The summed E-state index contributed by atoms with van der Waals surface area (Å²) in [6.45, 7) is 7.60. The van der Waals surface area contributed by atoms with Crippen molar-refractivity contribution in [1.82, 2.24) is 0 Å². The van der Waals surface area contributed by atoms with Gasteiger partial charge in [0.25, 0.3) is 0 Å². The van der Waals surface area contributed by atoms with E-state index >= 15 is 0 Å². The Balaban J connectivity index is 3.28. The smallest absolute Gasteiger partial charge is 0.0771 e. The lowest BCUT2D eigenvalue weighted by Crippen LogP contribution is -2.17. The van der Waals surface area contributed by atoms with Gasteiger partial charge in [0.05, 0.1) is 12.7 Å². The maximum absolute atomic E-state index is 9.19. The van der Waals surface area contributed by atoms with E-state index in [1.165, 1.54) is 12.8 Å². The van der Waals surface area contributed by atoms with Crippen LogP contribution in [0.5, 0.6) is 0 Å². The molecule has 0 aliphatic carbocycles. The molecular formula is C10H22O2. The molecule has 0 aromatic heterocycles. The first-order chi connectivity index (χ1) is 5.74. The Bertz CT molecular complexity index is 89.8. The standard InChI is InChI=1S/C10H22O2/c1-4-9(5-2)7-12-8-10(11)6-3/h9-11H,4-8H2,1-3H3. The minimum Gasteiger partial charge on any atom is -0.391 e. The van der Waals surface area contributed by atoms with Gasteiger partial charge in [0.1, 0.15) is 0 Å². The predicted octanol–water partition coefficient (Wildman–Crippen LogP) is 2.21. The highest BCUT2D eigenvalue weighted by molar-refractivity contribution is 4.54.